The molecule has 27 heavy (non-hydrogen) atoms. The van der Waals surface area contributed by atoms with Gasteiger partial charge >= 0.3 is 0 Å². The minimum atomic E-state index is -1.60. The number of rotatable bonds is 2. The van der Waals surface area contributed by atoms with Crippen molar-refractivity contribution < 1.29 is 24.2 Å². The van der Waals surface area contributed by atoms with Gasteiger partial charge in [0.2, 0.25) is 0 Å². The van der Waals surface area contributed by atoms with Crippen molar-refractivity contribution in [2.45, 2.75) is 51.8 Å². The molecule has 0 radical (unpaired) electrons. The molecule has 0 spiro atoms. The fourth-order valence-electron chi connectivity index (χ4n) is 6.59. The van der Waals surface area contributed by atoms with Crippen molar-refractivity contribution in [3.8, 4) is 0 Å². The van der Waals surface area contributed by atoms with Crippen LogP contribution in [0.5, 0.6) is 0 Å². The highest BCUT2D eigenvalue weighted by molar-refractivity contribution is 6.01. The maximum atomic E-state index is 15.2. The molecule has 4 aliphatic rings. The Morgan fingerprint density at radius 2 is 2.00 bits per heavy atom. The van der Waals surface area contributed by atoms with Gasteiger partial charge in [-0.25, -0.2) is 4.39 Å². The monoisotopic (exact) mass is 374 g/mol. The molecular formula is C22H27FO4. The lowest BCUT2D eigenvalue weighted by atomic mass is 9.51. The average molecular weight is 374 g/mol. The second kappa shape index (κ2) is 5.71. The number of ketones is 2. The first kappa shape index (κ1) is 18.8. The van der Waals surface area contributed by atoms with Crippen molar-refractivity contribution in [2.75, 3.05) is 6.61 Å². The summed E-state index contributed by atoms with van der Waals surface area (Å²) in [4.78, 5) is 24.3. The Bertz CT molecular complexity index is 811. The molecule has 0 aromatic heterocycles. The van der Waals surface area contributed by atoms with E-state index in [0.29, 0.717) is 18.4 Å². The summed E-state index contributed by atoms with van der Waals surface area (Å²) in [7, 11) is 0. The maximum Gasteiger partial charge on any atom is 0.190 e. The number of aliphatic hydroxyl groups is 2. The molecule has 4 aliphatic carbocycles. The van der Waals surface area contributed by atoms with Gasteiger partial charge in [0.15, 0.2) is 11.6 Å². The predicted octanol–water partition coefficient (Wildman–Crippen LogP) is 2.70. The lowest BCUT2D eigenvalue weighted by molar-refractivity contribution is -0.161. The zero-order chi connectivity index (χ0) is 19.8. The molecule has 1 unspecified atom stereocenters. The molecule has 2 fully saturated rings. The highest BCUT2D eigenvalue weighted by Crippen LogP contribution is 2.66. The fraction of sp³-hybridized carbons (Fsp3) is 0.636. The van der Waals surface area contributed by atoms with E-state index in [-0.39, 0.29) is 30.0 Å². The molecule has 7 atom stereocenters. The van der Waals surface area contributed by atoms with Gasteiger partial charge in [-0.05, 0) is 61.7 Å². The highest BCUT2D eigenvalue weighted by atomic mass is 19.1. The van der Waals surface area contributed by atoms with Crippen LogP contribution in [0.1, 0.15) is 40.0 Å². The third-order valence-corrected chi connectivity index (χ3v) is 8.09. The Hall–Kier alpha value is -1.59. The van der Waals surface area contributed by atoms with Gasteiger partial charge in [0, 0.05) is 10.8 Å². The zero-order valence-electron chi connectivity index (χ0n) is 16.0. The van der Waals surface area contributed by atoms with E-state index in [2.05, 4.69) is 6.08 Å². The van der Waals surface area contributed by atoms with Crippen molar-refractivity contribution >= 4 is 11.6 Å². The molecule has 0 amide bonds. The van der Waals surface area contributed by atoms with E-state index < -0.39 is 35.0 Å². The van der Waals surface area contributed by atoms with Crippen molar-refractivity contribution in [1.82, 2.24) is 0 Å². The molecule has 0 saturated heterocycles. The van der Waals surface area contributed by atoms with E-state index in [0.717, 1.165) is 5.57 Å². The smallest absolute Gasteiger partial charge is 0.190 e. The quantitative estimate of drug-likeness (QED) is 0.729. The number of halogens is 1. The van der Waals surface area contributed by atoms with Crippen molar-refractivity contribution in [2.24, 2.45) is 28.6 Å². The van der Waals surface area contributed by atoms with Gasteiger partial charge in [-0.2, -0.15) is 0 Å². The summed E-state index contributed by atoms with van der Waals surface area (Å²) in [5.41, 5.74) is -1.33. The topological polar surface area (TPSA) is 74.6 Å². The summed E-state index contributed by atoms with van der Waals surface area (Å²) in [6.07, 6.45) is 6.96. The largest absolute Gasteiger partial charge is 0.388 e. The molecule has 0 heterocycles. The third kappa shape index (κ3) is 2.16. The number of aliphatic hydroxyl groups excluding tert-OH is 1. The van der Waals surface area contributed by atoms with Gasteiger partial charge in [-0.3, -0.25) is 9.59 Å². The van der Waals surface area contributed by atoms with Crippen molar-refractivity contribution in [1.29, 1.82) is 0 Å². The first-order chi connectivity index (χ1) is 12.6. The van der Waals surface area contributed by atoms with E-state index in [4.69, 9.17) is 0 Å². The number of fused-ring (bicyclic) bond motifs is 5. The van der Waals surface area contributed by atoms with Gasteiger partial charge in [-0.1, -0.05) is 31.6 Å². The minimum Gasteiger partial charge on any atom is -0.388 e. The molecule has 0 aromatic carbocycles. The number of Topliss-reactive ketones (excluding diaryl/α,β-unsaturated/α-hetero) is 1. The number of carbonyl (C=O) groups is 2. The lowest BCUT2D eigenvalue weighted by Crippen LogP contribution is -2.57. The molecule has 0 aromatic rings. The van der Waals surface area contributed by atoms with E-state index in [9.17, 15) is 19.8 Å². The van der Waals surface area contributed by atoms with E-state index in [1.807, 2.05) is 20.8 Å². The summed E-state index contributed by atoms with van der Waals surface area (Å²) in [5, 5.41) is 20.8. The molecule has 2 saturated carbocycles. The van der Waals surface area contributed by atoms with Crippen LogP contribution in [0.25, 0.3) is 0 Å². The first-order valence-electron chi connectivity index (χ1n) is 9.76. The molecular weight excluding hydrogens is 347 g/mol. The average Bonchev–Trinajstić information content (AvgIpc) is 2.84. The Kier molecular flexibility index (Phi) is 3.97. The van der Waals surface area contributed by atoms with Crippen LogP contribution in [0.4, 0.5) is 4.39 Å². The molecule has 4 nitrogen and oxygen atoms in total. The molecule has 146 valence electrons. The van der Waals surface area contributed by atoms with Gasteiger partial charge < -0.3 is 10.2 Å². The summed E-state index contributed by atoms with van der Waals surface area (Å²) in [6.45, 7) is 5.02. The number of alkyl halides is 1. The Balaban J connectivity index is 1.82. The van der Waals surface area contributed by atoms with Crippen LogP contribution in [0.15, 0.2) is 35.5 Å². The van der Waals surface area contributed by atoms with Crippen molar-refractivity contribution in [3.05, 3.63) is 35.5 Å². The third-order valence-electron chi connectivity index (χ3n) is 8.09. The molecule has 4 rings (SSSR count). The summed E-state index contributed by atoms with van der Waals surface area (Å²) in [6, 6.07) is 0. The Labute approximate surface area is 158 Å². The van der Waals surface area contributed by atoms with E-state index in [1.54, 1.807) is 6.08 Å². The van der Waals surface area contributed by atoms with Crippen LogP contribution in [0.3, 0.4) is 0 Å². The van der Waals surface area contributed by atoms with Crippen LogP contribution in [0, 0.1) is 28.6 Å². The Morgan fingerprint density at radius 3 is 2.67 bits per heavy atom. The van der Waals surface area contributed by atoms with Crippen molar-refractivity contribution in [3.63, 3.8) is 0 Å². The minimum absolute atomic E-state index is 0.0457. The van der Waals surface area contributed by atoms with Gasteiger partial charge in [0.25, 0.3) is 0 Å². The van der Waals surface area contributed by atoms with Gasteiger partial charge in [0.05, 0.1) is 0 Å². The van der Waals surface area contributed by atoms with Crippen LogP contribution < -0.4 is 0 Å². The second-order valence-corrected chi connectivity index (χ2v) is 9.22. The van der Waals surface area contributed by atoms with E-state index >= 15 is 4.39 Å². The maximum absolute atomic E-state index is 15.2. The Morgan fingerprint density at radius 1 is 1.30 bits per heavy atom. The number of hydrogen-bond acceptors (Lipinski definition) is 4. The highest BCUT2D eigenvalue weighted by Gasteiger charge is 2.67. The summed E-state index contributed by atoms with van der Waals surface area (Å²) >= 11 is 0. The van der Waals surface area contributed by atoms with Gasteiger partial charge in [0.1, 0.15) is 18.4 Å². The van der Waals surface area contributed by atoms with E-state index in [1.165, 1.54) is 12.2 Å². The van der Waals surface area contributed by atoms with Crippen LogP contribution >= 0.6 is 0 Å². The predicted molar refractivity (Wildman–Crippen MR) is 98.5 cm³/mol. The van der Waals surface area contributed by atoms with Crippen LogP contribution in [0.2, 0.25) is 0 Å². The molecule has 2 N–H and O–H groups in total. The van der Waals surface area contributed by atoms with Crippen LogP contribution in [-0.4, -0.2) is 40.2 Å². The lowest BCUT2D eigenvalue weighted by Gasteiger charge is -2.54. The van der Waals surface area contributed by atoms with Crippen LogP contribution in [-0.2, 0) is 9.59 Å². The number of hydrogen-bond donors (Lipinski definition) is 2. The van der Waals surface area contributed by atoms with Gasteiger partial charge in [-0.15, -0.1) is 0 Å². The molecule has 0 aliphatic heterocycles. The normalized spacial score (nSPS) is 48.3. The summed E-state index contributed by atoms with van der Waals surface area (Å²) in [5.74, 6) is -1.16. The SMILES string of the molecule is C[C@@H]1C[C@H]2[C@@H]3CC(F)C4=CC(=O)C=C[C@]4(C)C3=CC[C@]2(C)[C@@]1(O)C(=O)CO. The zero-order valence-corrected chi connectivity index (χ0v) is 16.0. The summed E-state index contributed by atoms with van der Waals surface area (Å²) < 4.78 is 15.2. The number of carbonyl (C=O) groups excluding carboxylic acids is 2. The standard InChI is InChI=1S/C22H27FO4/c1-12-8-16-14-10-18(23)17-9-13(25)4-6-20(17,2)15(14)5-7-21(16,3)22(12,27)19(26)11-24/h4-6,9,12,14,16,18,24,27H,7-8,10-11H2,1-3H3/t12-,14-,16+,18?,20-,21+,22+/m1/s1. The molecule has 0 bridgehead atoms. The molecule has 5 heteroatoms. The number of allylic oxidation sites excluding steroid dienone is 6. The second-order valence-electron chi connectivity index (χ2n) is 9.22. The first-order valence-corrected chi connectivity index (χ1v) is 9.76. The fourth-order valence-corrected chi connectivity index (χ4v) is 6.59.